The number of ether oxygens (including phenoxy) is 2. The average molecular weight is 726 g/mol. The summed E-state index contributed by atoms with van der Waals surface area (Å²) in [6, 6.07) is 17.3. The summed E-state index contributed by atoms with van der Waals surface area (Å²) in [5.41, 5.74) is 9.07. The number of aliphatic hydroxyl groups excluding tert-OH is 1. The van der Waals surface area contributed by atoms with Crippen LogP contribution in [-0.2, 0) is 9.47 Å². The van der Waals surface area contributed by atoms with Crippen LogP contribution in [0.2, 0.25) is 0 Å². The van der Waals surface area contributed by atoms with Crippen LogP contribution in [0, 0.1) is 46.3 Å². The van der Waals surface area contributed by atoms with Gasteiger partial charge in [-0.3, -0.25) is 0 Å². The van der Waals surface area contributed by atoms with Crippen molar-refractivity contribution >= 4 is 30.1 Å². The molecule has 2 aromatic carbocycles. The average Bonchev–Trinajstić information content (AvgIpc) is 3.50. The summed E-state index contributed by atoms with van der Waals surface area (Å²) in [4.78, 5) is 2.23. The molecule has 4 nitrogen and oxygen atoms in total. The minimum Gasteiger partial charge on any atom is -0.393 e. The van der Waals surface area contributed by atoms with E-state index in [0.717, 1.165) is 50.7 Å². The molecule has 282 valence electrons. The van der Waals surface area contributed by atoms with Gasteiger partial charge in [0.05, 0.1) is 18.8 Å². The highest BCUT2D eigenvalue weighted by Crippen LogP contribution is 2.69. The van der Waals surface area contributed by atoms with Crippen molar-refractivity contribution in [1.82, 2.24) is 4.90 Å². The molecule has 7 aliphatic rings. The molecule has 2 heterocycles. The van der Waals surface area contributed by atoms with Gasteiger partial charge in [-0.1, -0.05) is 106 Å². The summed E-state index contributed by atoms with van der Waals surface area (Å²) in [5.74, 6) is 3.68. The normalized spacial score (nSPS) is 39.7. The molecule has 0 amide bonds. The van der Waals surface area contributed by atoms with E-state index in [-0.39, 0.29) is 24.3 Å². The van der Waals surface area contributed by atoms with Gasteiger partial charge in [-0.05, 0) is 140 Å². The molecule has 52 heavy (non-hydrogen) atoms. The molecule has 5 aliphatic carbocycles. The Hall–Kier alpha value is -2.21. The van der Waals surface area contributed by atoms with Crippen LogP contribution in [0.3, 0.4) is 0 Å². The summed E-state index contributed by atoms with van der Waals surface area (Å²) < 4.78 is 13.3. The minimum absolute atomic E-state index is 0. The maximum Gasteiger partial charge on any atom is 0.171 e. The SMILES string of the molecule is CC1CCC2(OC1)OC1CC3C4CCC5CC(O)CCC5(C)C4=CCC3(C)C1C2C.CN(C)CCC=C1c2ccccc2C=Cc2ccccc21.Cl. The Balaban J connectivity index is 0.000000169. The first-order chi connectivity index (χ1) is 24.5. The number of allylic oxidation sites excluding steroid dienone is 2. The molecule has 0 radical (unpaired) electrons. The zero-order valence-electron chi connectivity index (χ0n) is 32.7. The largest absolute Gasteiger partial charge is 0.393 e. The topological polar surface area (TPSA) is 41.9 Å². The number of aliphatic hydroxyl groups is 1. The number of rotatable bonds is 3. The van der Waals surface area contributed by atoms with E-state index in [1.807, 2.05) is 0 Å². The Labute approximate surface area is 320 Å². The van der Waals surface area contributed by atoms with Gasteiger partial charge in [-0.15, -0.1) is 12.4 Å². The Kier molecular flexibility index (Phi) is 10.8. The van der Waals surface area contributed by atoms with E-state index in [2.05, 4.69) is 120 Å². The monoisotopic (exact) mass is 725 g/mol. The number of hydrogen-bond donors (Lipinski definition) is 1. The minimum atomic E-state index is -0.303. The van der Waals surface area contributed by atoms with Gasteiger partial charge in [0, 0.05) is 18.9 Å². The van der Waals surface area contributed by atoms with E-state index >= 15 is 0 Å². The van der Waals surface area contributed by atoms with Crippen LogP contribution in [0.5, 0.6) is 0 Å². The third-order valence-corrected chi connectivity index (χ3v) is 15.1. The Bertz CT molecular complexity index is 1640. The quantitative estimate of drug-likeness (QED) is 0.273. The molecule has 0 bridgehead atoms. The highest BCUT2D eigenvalue weighted by Gasteiger charge is 2.67. The fraction of sp³-hybridized carbons (Fsp3) is 0.617. The molecule has 2 aliphatic heterocycles. The van der Waals surface area contributed by atoms with Gasteiger partial charge >= 0.3 is 0 Å². The summed E-state index contributed by atoms with van der Waals surface area (Å²) in [6.07, 6.45) is 21.5. The number of fused-ring (bicyclic) bond motifs is 9. The van der Waals surface area contributed by atoms with Crippen molar-refractivity contribution in [3.8, 4) is 0 Å². The smallest absolute Gasteiger partial charge is 0.171 e. The maximum absolute atomic E-state index is 10.3. The predicted octanol–water partition coefficient (Wildman–Crippen LogP) is 10.7. The van der Waals surface area contributed by atoms with Crippen molar-refractivity contribution in [3.05, 3.63) is 88.5 Å². The predicted molar refractivity (Wildman–Crippen MR) is 217 cm³/mol. The third kappa shape index (κ3) is 6.51. The van der Waals surface area contributed by atoms with Crippen LogP contribution in [-0.4, -0.2) is 55.2 Å². The van der Waals surface area contributed by atoms with Gasteiger partial charge in [0.2, 0.25) is 0 Å². The molecule has 11 atom stereocenters. The Morgan fingerprint density at radius 2 is 1.58 bits per heavy atom. The lowest BCUT2D eigenvalue weighted by Crippen LogP contribution is -2.50. The summed E-state index contributed by atoms with van der Waals surface area (Å²) in [5, 5.41) is 10.3. The van der Waals surface area contributed by atoms with Gasteiger partial charge in [-0.2, -0.15) is 0 Å². The summed E-state index contributed by atoms with van der Waals surface area (Å²) in [7, 11) is 4.24. The number of halogens is 1. The summed E-state index contributed by atoms with van der Waals surface area (Å²) >= 11 is 0. The first-order valence-electron chi connectivity index (χ1n) is 20.4. The molecule has 1 spiro atoms. The van der Waals surface area contributed by atoms with Gasteiger partial charge in [0.15, 0.2) is 5.79 Å². The molecule has 9 rings (SSSR count). The molecular formula is C47H64ClNO3. The fourth-order valence-electron chi connectivity index (χ4n) is 12.3. The van der Waals surface area contributed by atoms with E-state index in [1.165, 1.54) is 66.4 Å². The van der Waals surface area contributed by atoms with Gasteiger partial charge in [0.25, 0.3) is 0 Å². The first kappa shape index (κ1) is 38.1. The van der Waals surface area contributed by atoms with E-state index < -0.39 is 0 Å². The molecule has 5 fully saturated rings. The Morgan fingerprint density at radius 3 is 2.23 bits per heavy atom. The Morgan fingerprint density at radius 1 is 0.885 bits per heavy atom. The molecule has 0 aromatic heterocycles. The van der Waals surface area contributed by atoms with E-state index in [4.69, 9.17) is 9.47 Å². The first-order valence-corrected chi connectivity index (χ1v) is 20.4. The molecular weight excluding hydrogens is 662 g/mol. The number of nitrogens with zero attached hydrogens (tertiary/aromatic N) is 1. The van der Waals surface area contributed by atoms with Crippen molar-refractivity contribution in [2.75, 3.05) is 27.2 Å². The van der Waals surface area contributed by atoms with E-state index in [1.54, 1.807) is 5.57 Å². The lowest BCUT2D eigenvalue weighted by molar-refractivity contribution is -0.272. The van der Waals surface area contributed by atoms with Crippen LogP contribution in [0.4, 0.5) is 0 Å². The van der Waals surface area contributed by atoms with E-state index in [0.29, 0.717) is 40.6 Å². The molecule has 3 saturated carbocycles. The van der Waals surface area contributed by atoms with Crippen LogP contribution in [0.1, 0.15) is 114 Å². The molecule has 1 N–H and O–H groups in total. The highest BCUT2D eigenvalue weighted by atomic mass is 35.5. The van der Waals surface area contributed by atoms with E-state index in [9.17, 15) is 5.11 Å². The number of benzene rings is 2. The maximum atomic E-state index is 10.3. The van der Waals surface area contributed by atoms with Crippen molar-refractivity contribution in [3.63, 3.8) is 0 Å². The van der Waals surface area contributed by atoms with Crippen LogP contribution in [0.25, 0.3) is 17.7 Å². The zero-order valence-corrected chi connectivity index (χ0v) is 33.5. The zero-order chi connectivity index (χ0) is 35.5. The van der Waals surface area contributed by atoms with Crippen molar-refractivity contribution < 1.29 is 14.6 Å². The second kappa shape index (κ2) is 14.8. The van der Waals surface area contributed by atoms with Crippen LogP contribution in [0.15, 0.2) is 66.3 Å². The second-order valence-corrected chi connectivity index (χ2v) is 18.4. The third-order valence-electron chi connectivity index (χ3n) is 15.1. The van der Waals surface area contributed by atoms with Crippen LogP contribution < -0.4 is 0 Å². The molecule has 2 saturated heterocycles. The van der Waals surface area contributed by atoms with Crippen molar-refractivity contribution in [2.24, 2.45) is 46.3 Å². The van der Waals surface area contributed by atoms with Gasteiger partial charge in [0.1, 0.15) is 0 Å². The fourth-order valence-corrected chi connectivity index (χ4v) is 12.3. The van der Waals surface area contributed by atoms with Crippen molar-refractivity contribution in [1.29, 1.82) is 0 Å². The van der Waals surface area contributed by atoms with Crippen molar-refractivity contribution in [2.45, 2.75) is 110 Å². The highest BCUT2D eigenvalue weighted by molar-refractivity contribution is 5.93. The lowest BCUT2D eigenvalue weighted by Gasteiger charge is -2.57. The summed E-state index contributed by atoms with van der Waals surface area (Å²) in [6.45, 7) is 11.8. The molecule has 2 aromatic rings. The van der Waals surface area contributed by atoms with Gasteiger partial charge in [-0.25, -0.2) is 0 Å². The number of hydrogen-bond acceptors (Lipinski definition) is 4. The second-order valence-electron chi connectivity index (χ2n) is 18.4. The van der Waals surface area contributed by atoms with Crippen LogP contribution >= 0.6 is 12.4 Å². The molecule has 5 heteroatoms. The molecule has 11 unspecified atom stereocenters. The standard InChI is InChI=1S/C27H42O3.C20H21N.ClH/c1-16-7-12-27(29-15-16)17(2)24-23(30-27)14-22-20-6-5-18-13-19(28)8-10-25(18,3)21(20)9-11-26(22,24)4;1-21(2)15-7-12-20-18-10-5-3-8-16(18)13-14-17-9-4-6-11-19(17)20;/h9,16-20,22-24,28H,5-8,10-15H2,1-4H3;3-6,8-14H,7,15H2,1-2H3;1H. The van der Waals surface area contributed by atoms with Gasteiger partial charge < -0.3 is 19.5 Å². The lowest BCUT2D eigenvalue weighted by atomic mass is 9.48.